The van der Waals surface area contributed by atoms with Gasteiger partial charge in [-0.15, -0.1) is 0 Å². The Morgan fingerprint density at radius 3 is 2.20 bits per heavy atom. The van der Waals surface area contributed by atoms with E-state index in [9.17, 15) is 8.42 Å². The Bertz CT molecular complexity index is 723. The zero-order valence-corrected chi connectivity index (χ0v) is 12.2. The summed E-state index contributed by atoms with van der Waals surface area (Å²) in [5.74, 6) is 0.328. The van der Waals surface area contributed by atoms with Gasteiger partial charge in [0.2, 0.25) is 0 Å². The number of nitrogens with one attached hydrogen (secondary N) is 1. The molecule has 104 valence electrons. The molecule has 0 unspecified atom stereocenters. The third kappa shape index (κ3) is 3.05. The largest absolute Gasteiger partial charge is 0.271 e. The minimum absolute atomic E-state index is 0.261. The van der Waals surface area contributed by atoms with Crippen molar-refractivity contribution in [2.45, 2.75) is 11.8 Å². The summed E-state index contributed by atoms with van der Waals surface area (Å²) >= 11 is 0. The maximum atomic E-state index is 12.4. The maximum absolute atomic E-state index is 12.4. The number of aliphatic imine (C=N–C) groups is 1. The van der Waals surface area contributed by atoms with Crippen molar-refractivity contribution in [3.63, 3.8) is 0 Å². The number of sulfonamides is 1. The van der Waals surface area contributed by atoms with Gasteiger partial charge in [0, 0.05) is 12.6 Å². The van der Waals surface area contributed by atoms with Crippen molar-refractivity contribution in [2.75, 3.05) is 7.05 Å². The van der Waals surface area contributed by atoms with Gasteiger partial charge in [-0.2, -0.15) is 0 Å². The molecular formula is C15H16N2O2S. The van der Waals surface area contributed by atoms with Crippen LogP contribution in [0.15, 0.2) is 64.5 Å². The Balaban J connectivity index is 2.36. The van der Waals surface area contributed by atoms with E-state index in [4.69, 9.17) is 0 Å². The molecule has 20 heavy (non-hydrogen) atoms. The molecule has 2 aromatic rings. The van der Waals surface area contributed by atoms with Gasteiger partial charge >= 0.3 is 0 Å². The second kappa shape index (κ2) is 5.88. The summed E-state index contributed by atoms with van der Waals surface area (Å²) in [6, 6.07) is 16.0. The number of aryl methyl sites for hydroxylation is 1. The zero-order chi connectivity index (χ0) is 14.6. The molecule has 0 heterocycles. The fraction of sp³-hybridized carbons (Fsp3) is 0.133. The molecular weight excluding hydrogens is 272 g/mol. The van der Waals surface area contributed by atoms with E-state index in [1.54, 1.807) is 38.2 Å². The van der Waals surface area contributed by atoms with Gasteiger partial charge in [0.25, 0.3) is 10.0 Å². The fourth-order valence-corrected chi connectivity index (χ4v) is 3.19. The lowest BCUT2D eigenvalue weighted by atomic mass is 10.2. The lowest BCUT2D eigenvalue weighted by Gasteiger charge is -2.12. The molecule has 2 rings (SSSR count). The Morgan fingerprint density at radius 1 is 1.00 bits per heavy atom. The van der Waals surface area contributed by atoms with E-state index in [0.29, 0.717) is 11.4 Å². The Kier molecular flexibility index (Phi) is 4.20. The van der Waals surface area contributed by atoms with Crippen LogP contribution in [0, 0.1) is 6.92 Å². The smallest absolute Gasteiger partial charge is 0.263 e. The Labute approximate surface area is 119 Å². The summed E-state index contributed by atoms with van der Waals surface area (Å²) in [7, 11) is -2.07. The molecule has 0 saturated carbocycles. The number of hydrogen-bond donors (Lipinski definition) is 1. The zero-order valence-electron chi connectivity index (χ0n) is 11.4. The monoisotopic (exact) mass is 288 g/mol. The minimum Gasteiger partial charge on any atom is -0.271 e. The average Bonchev–Trinajstić information content (AvgIpc) is 2.46. The summed E-state index contributed by atoms with van der Waals surface area (Å²) in [5.41, 5.74) is 1.43. The van der Waals surface area contributed by atoms with Crippen molar-refractivity contribution in [2.24, 2.45) is 4.99 Å². The third-order valence-corrected chi connectivity index (χ3v) is 4.38. The highest BCUT2D eigenvalue weighted by Crippen LogP contribution is 2.14. The van der Waals surface area contributed by atoms with Crippen LogP contribution in [0.3, 0.4) is 0 Å². The van der Waals surface area contributed by atoms with Crippen LogP contribution in [0.25, 0.3) is 0 Å². The van der Waals surface area contributed by atoms with Gasteiger partial charge < -0.3 is 0 Å². The van der Waals surface area contributed by atoms with E-state index >= 15 is 0 Å². The van der Waals surface area contributed by atoms with Gasteiger partial charge in [-0.25, -0.2) is 8.42 Å². The molecule has 1 N–H and O–H groups in total. The van der Waals surface area contributed by atoms with Crippen LogP contribution in [-0.4, -0.2) is 21.3 Å². The molecule has 0 aromatic heterocycles. The van der Waals surface area contributed by atoms with Gasteiger partial charge in [-0.1, -0.05) is 48.5 Å². The minimum atomic E-state index is -3.63. The SMILES string of the molecule is CN=C(NS(=O)(=O)c1ccccc1C)c1ccccc1. The van der Waals surface area contributed by atoms with Crippen LogP contribution < -0.4 is 4.72 Å². The average molecular weight is 288 g/mol. The summed E-state index contributed by atoms with van der Waals surface area (Å²) < 4.78 is 27.3. The van der Waals surface area contributed by atoms with E-state index in [0.717, 1.165) is 5.56 Å². The first-order chi connectivity index (χ1) is 9.54. The highest BCUT2D eigenvalue weighted by Gasteiger charge is 2.18. The van der Waals surface area contributed by atoms with Gasteiger partial charge in [0.15, 0.2) is 0 Å². The highest BCUT2D eigenvalue weighted by molar-refractivity contribution is 7.90. The van der Waals surface area contributed by atoms with Gasteiger partial charge in [0.1, 0.15) is 5.84 Å². The molecule has 4 nitrogen and oxygen atoms in total. The molecule has 0 amide bonds. The number of benzene rings is 2. The quantitative estimate of drug-likeness (QED) is 0.696. The summed E-state index contributed by atoms with van der Waals surface area (Å²) in [5, 5.41) is 0. The van der Waals surface area contributed by atoms with E-state index < -0.39 is 10.0 Å². The van der Waals surface area contributed by atoms with Crippen molar-refractivity contribution in [1.82, 2.24) is 4.72 Å². The molecule has 0 aliphatic heterocycles. The van der Waals surface area contributed by atoms with Crippen molar-refractivity contribution >= 4 is 15.9 Å². The van der Waals surface area contributed by atoms with Crippen LogP contribution in [-0.2, 0) is 10.0 Å². The van der Waals surface area contributed by atoms with Crippen molar-refractivity contribution in [1.29, 1.82) is 0 Å². The van der Waals surface area contributed by atoms with E-state index in [1.807, 2.05) is 30.3 Å². The lowest BCUT2D eigenvalue weighted by Crippen LogP contribution is -2.31. The molecule has 0 spiro atoms. The summed E-state index contributed by atoms with van der Waals surface area (Å²) in [6.45, 7) is 1.76. The van der Waals surface area contributed by atoms with Crippen LogP contribution in [0.4, 0.5) is 0 Å². The maximum Gasteiger partial charge on any atom is 0.263 e. The molecule has 0 aliphatic rings. The summed E-state index contributed by atoms with van der Waals surface area (Å²) in [6.07, 6.45) is 0. The number of nitrogens with zero attached hydrogens (tertiary/aromatic N) is 1. The van der Waals surface area contributed by atoms with Gasteiger partial charge in [0.05, 0.1) is 4.90 Å². The van der Waals surface area contributed by atoms with Gasteiger partial charge in [-0.05, 0) is 18.6 Å². The molecule has 0 fully saturated rings. The van der Waals surface area contributed by atoms with Gasteiger partial charge in [-0.3, -0.25) is 9.71 Å². The fourth-order valence-electron chi connectivity index (χ4n) is 1.87. The standard InChI is InChI=1S/C15H16N2O2S/c1-12-8-6-7-11-14(12)20(18,19)17-15(16-2)13-9-4-3-5-10-13/h3-11H,1-2H3,(H,16,17). The first kappa shape index (κ1) is 14.3. The molecule has 0 bridgehead atoms. The molecule has 0 atom stereocenters. The van der Waals surface area contributed by atoms with Crippen LogP contribution >= 0.6 is 0 Å². The third-order valence-electron chi connectivity index (χ3n) is 2.88. The second-order valence-corrected chi connectivity index (χ2v) is 5.96. The molecule has 0 saturated heterocycles. The molecule has 0 aliphatic carbocycles. The predicted octanol–water partition coefficient (Wildman–Crippen LogP) is 2.35. The summed E-state index contributed by atoms with van der Waals surface area (Å²) in [4.78, 5) is 4.29. The van der Waals surface area contributed by atoms with Crippen LogP contribution in [0.5, 0.6) is 0 Å². The molecule has 0 radical (unpaired) electrons. The predicted molar refractivity (Wildman–Crippen MR) is 80.4 cm³/mol. The van der Waals surface area contributed by atoms with E-state index in [-0.39, 0.29) is 4.90 Å². The lowest BCUT2D eigenvalue weighted by molar-refractivity contribution is 0.592. The first-order valence-electron chi connectivity index (χ1n) is 6.15. The van der Waals surface area contributed by atoms with Crippen LogP contribution in [0.2, 0.25) is 0 Å². The van der Waals surface area contributed by atoms with Crippen molar-refractivity contribution < 1.29 is 8.42 Å². The van der Waals surface area contributed by atoms with Crippen molar-refractivity contribution in [3.05, 3.63) is 65.7 Å². The number of hydrogen-bond acceptors (Lipinski definition) is 3. The second-order valence-electron chi connectivity index (χ2n) is 4.31. The van der Waals surface area contributed by atoms with E-state index in [2.05, 4.69) is 9.71 Å². The number of rotatable bonds is 3. The highest BCUT2D eigenvalue weighted by atomic mass is 32.2. The van der Waals surface area contributed by atoms with Crippen LogP contribution in [0.1, 0.15) is 11.1 Å². The Morgan fingerprint density at radius 2 is 1.60 bits per heavy atom. The molecule has 5 heteroatoms. The van der Waals surface area contributed by atoms with E-state index in [1.165, 1.54) is 0 Å². The Hall–Kier alpha value is -2.14. The topological polar surface area (TPSA) is 58.5 Å². The normalized spacial score (nSPS) is 12.2. The van der Waals surface area contributed by atoms with Crippen molar-refractivity contribution in [3.8, 4) is 0 Å². The number of amidine groups is 1. The first-order valence-corrected chi connectivity index (χ1v) is 7.63. The molecule has 2 aromatic carbocycles.